The summed E-state index contributed by atoms with van der Waals surface area (Å²) in [6.45, 7) is 3.81. The maximum absolute atomic E-state index is 13.0. The first-order chi connectivity index (χ1) is 13.5. The van der Waals surface area contributed by atoms with Crippen LogP contribution in [0.2, 0.25) is 0 Å². The summed E-state index contributed by atoms with van der Waals surface area (Å²) in [7, 11) is 1.66. The average molecular weight is 401 g/mol. The molecule has 1 saturated heterocycles. The van der Waals surface area contributed by atoms with E-state index in [0.29, 0.717) is 38.2 Å². The lowest BCUT2D eigenvalue weighted by Crippen LogP contribution is -2.44. The zero-order chi connectivity index (χ0) is 20.1. The summed E-state index contributed by atoms with van der Waals surface area (Å²) in [6, 6.07) is 12.1. The lowest BCUT2D eigenvalue weighted by Gasteiger charge is -2.33. The lowest BCUT2D eigenvalue weighted by molar-refractivity contribution is -0.136. The van der Waals surface area contributed by atoms with Crippen molar-refractivity contribution >= 4 is 35.2 Å². The summed E-state index contributed by atoms with van der Waals surface area (Å²) >= 11 is 4.12. The molecule has 0 aromatic heterocycles. The Bertz CT molecular complexity index is 847. The molecule has 2 aromatic carbocycles. The molecule has 1 aliphatic heterocycles. The van der Waals surface area contributed by atoms with E-state index >= 15 is 0 Å². The Labute approximate surface area is 171 Å². The Kier molecular flexibility index (Phi) is 6.83. The molecule has 0 aliphatic carbocycles. The Hall–Kier alpha value is -2.21. The van der Waals surface area contributed by atoms with Gasteiger partial charge in [0, 0.05) is 31.3 Å². The molecule has 0 spiro atoms. The summed E-state index contributed by atoms with van der Waals surface area (Å²) < 4.78 is 5.27. The number of methoxy groups -OCH3 is 1. The molecule has 1 aliphatic rings. The molecular formula is C22H28N2O3S. The van der Waals surface area contributed by atoms with Gasteiger partial charge in [0.05, 0.1) is 13.0 Å². The number of likely N-dealkylation sites (tertiary alicyclic amines) is 1. The van der Waals surface area contributed by atoms with Gasteiger partial charge in [-0.2, -0.15) is 12.6 Å². The number of piperidine rings is 1. The Morgan fingerprint density at radius 3 is 2.54 bits per heavy atom. The van der Waals surface area contributed by atoms with E-state index in [0.717, 1.165) is 22.1 Å². The minimum atomic E-state index is -0.207. The minimum absolute atomic E-state index is 0.00473. The summed E-state index contributed by atoms with van der Waals surface area (Å²) in [5.41, 5.74) is 1.01. The molecule has 0 unspecified atom stereocenters. The molecule has 3 rings (SSSR count). The third-order valence-electron chi connectivity index (χ3n) is 5.53. The van der Waals surface area contributed by atoms with Crippen LogP contribution in [0.25, 0.3) is 10.8 Å². The van der Waals surface area contributed by atoms with E-state index in [2.05, 4.69) is 24.0 Å². The normalized spacial score (nSPS) is 16.0. The molecule has 2 aromatic rings. The van der Waals surface area contributed by atoms with Crippen LogP contribution in [0.1, 0.15) is 31.2 Å². The number of hydrogen-bond donors (Lipinski definition) is 2. The van der Waals surface area contributed by atoms with Crippen LogP contribution in [-0.4, -0.2) is 49.2 Å². The molecule has 1 fully saturated rings. The number of nitrogens with zero attached hydrogens (tertiary/aromatic N) is 1. The molecule has 2 amide bonds. The van der Waals surface area contributed by atoms with Crippen molar-refractivity contribution in [3.63, 3.8) is 0 Å². The number of fused-ring (bicyclic) bond motifs is 1. The van der Waals surface area contributed by atoms with Gasteiger partial charge >= 0.3 is 0 Å². The van der Waals surface area contributed by atoms with Crippen LogP contribution in [0.5, 0.6) is 5.75 Å². The SMILES string of the molecule is COc1ccc2cc([C@@H](C)C(=O)N3CCC(C(=O)NCCS)CC3)ccc2c1. The van der Waals surface area contributed by atoms with Crippen LogP contribution in [0.3, 0.4) is 0 Å². The second-order valence-electron chi connectivity index (χ2n) is 7.31. The average Bonchev–Trinajstić information content (AvgIpc) is 2.75. The number of thiol groups is 1. The van der Waals surface area contributed by atoms with E-state index in [-0.39, 0.29) is 23.7 Å². The molecule has 1 atom stereocenters. The summed E-state index contributed by atoms with van der Waals surface area (Å²) in [6.07, 6.45) is 1.43. The van der Waals surface area contributed by atoms with Gasteiger partial charge in [0.1, 0.15) is 5.75 Å². The van der Waals surface area contributed by atoms with Gasteiger partial charge in [-0.15, -0.1) is 0 Å². The number of rotatable bonds is 6. The third-order valence-corrected chi connectivity index (χ3v) is 5.75. The van der Waals surface area contributed by atoms with Crippen molar-refractivity contribution in [3.05, 3.63) is 42.0 Å². The molecule has 0 radical (unpaired) electrons. The molecule has 1 heterocycles. The predicted molar refractivity (Wildman–Crippen MR) is 115 cm³/mol. The fourth-order valence-electron chi connectivity index (χ4n) is 3.74. The second-order valence-corrected chi connectivity index (χ2v) is 7.76. The van der Waals surface area contributed by atoms with Crippen LogP contribution >= 0.6 is 12.6 Å². The van der Waals surface area contributed by atoms with Crippen molar-refractivity contribution < 1.29 is 14.3 Å². The smallest absolute Gasteiger partial charge is 0.229 e. The highest BCUT2D eigenvalue weighted by atomic mass is 32.1. The third kappa shape index (κ3) is 4.61. The number of hydrogen-bond acceptors (Lipinski definition) is 4. The van der Waals surface area contributed by atoms with Gasteiger partial charge in [-0.1, -0.05) is 24.3 Å². The number of amides is 2. The van der Waals surface area contributed by atoms with Gasteiger partial charge in [0.2, 0.25) is 11.8 Å². The zero-order valence-corrected chi connectivity index (χ0v) is 17.4. The van der Waals surface area contributed by atoms with E-state index in [4.69, 9.17) is 4.74 Å². The highest BCUT2D eigenvalue weighted by Crippen LogP contribution is 2.27. The Morgan fingerprint density at radius 2 is 1.86 bits per heavy atom. The van der Waals surface area contributed by atoms with Gasteiger partial charge in [0.15, 0.2) is 0 Å². The number of carbonyl (C=O) groups excluding carboxylic acids is 2. The van der Waals surface area contributed by atoms with E-state index in [1.54, 1.807) is 7.11 Å². The Morgan fingerprint density at radius 1 is 1.18 bits per heavy atom. The van der Waals surface area contributed by atoms with Crippen molar-refractivity contribution in [3.8, 4) is 5.75 Å². The molecule has 6 heteroatoms. The fraction of sp³-hybridized carbons (Fsp3) is 0.455. The quantitative estimate of drug-likeness (QED) is 0.732. The predicted octanol–water partition coefficient (Wildman–Crippen LogP) is 3.24. The van der Waals surface area contributed by atoms with E-state index < -0.39 is 0 Å². The van der Waals surface area contributed by atoms with Crippen LogP contribution in [0.4, 0.5) is 0 Å². The lowest BCUT2D eigenvalue weighted by atomic mass is 9.92. The standard InChI is InChI=1S/C22H28N2O3S/c1-15(17-3-4-19-14-20(27-2)6-5-18(19)13-17)22(26)24-10-7-16(8-11-24)21(25)23-9-12-28/h3-6,13-16,28H,7-12H2,1-2H3,(H,23,25)/t15-/m1/s1. The van der Waals surface area contributed by atoms with Crippen LogP contribution in [0.15, 0.2) is 36.4 Å². The molecule has 150 valence electrons. The first-order valence-electron chi connectivity index (χ1n) is 9.78. The van der Waals surface area contributed by atoms with Crippen molar-refractivity contribution in [1.29, 1.82) is 0 Å². The van der Waals surface area contributed by atoms with Crippen molar-refractivity contribution in [2.75, 3.05) is 32.5 Å². The Balaban J connectivity index is 1.63. The fourth-order valence-corrected chi connectivity index (χ4v) is 3.85. The number of nitrogens with one attached hydrogen (secondary N) is 1. The number of carbonyl (C=O) groups is 2. The summed E-state index contributed by atoms with van der Waals surface area (Å²) in [5.74, 6) is 1.46. The van der Waals surface area contributed by atoms with E-state index in [9.17, 15) is 9.59 Å². The van der Waals surface area contributed by atoms with Gasteiger partial charge < -0.3 is 15.0 Å². The molecule has 0 saturated carbocycles. The maximum Gasteiger partial charge on any atom is 0.229 e. The highest BCUT2D eigenvalue weighted by molar-refractivity contribution is 7.80. The molecule has 1 N–H and O–H groups in total. The number of benzene rings is 2. The van der Waals surface area contributed by atoms with Gasteiger partial charge in [-0.05, 0) is 48.2 Å². The zero-order valence-electron chi connectivity index (χ0n) is 16.5. The number of ether oxygens (including phenoxy) is 1. The molecule has 5 nitrogen and oxygen atoms in total. The highest BCUT2D eigenvalue weighted by Gasteiger charge is 2.29. The van der Waals surface area contributed by atoms with Crippen molar-refractivity contribution in [2.24, 2.45) is 5.92 Å². The van der Waals surface area contributed by atoms with Crippen LogP contribution < -0.4 is 10.1 Å². The molecule has 28 heavy (non-hydrogen) atoms. The monoisotopic (exact) mass is 400 g/mol. The van der Waals surface area contributed by atoms with Crippen molar-refractivity contribution in [1.82, 2.24) is 10.2 Å². The second kappa shape index (κ2) is 9.32. The summed E-state index contributed by atoms with van der Waals surface area (Å²) in [5, 5.41) is 5.08. The topological polar surface area (TPSA) is 58.6 Å². The van der Waals surface area contributed by atoms with Gasteiger partial charge in [-0.25, -0.2) is 0 Å². The van der Waals surface area contributed by atoms with Gasteiger partial charge in [-0.3, -0.25) is 9.59 Å². The van der Waals surface area contributed by atoms with Crippen LogP contribution in [-0.2, 0) is 9.59 Å². The maximum atomic E-state index is 13.0. The summed E-state index contributed by atoms with van der Waals surface area (Å²) in [4.78, 5) is 27.0. The van der Waals surface area contributed by atoms with Gasteiger partial charge in [0.25, 0.3) is 0 Å². The largest absolute Gasteiger partial charge is 0.497 e. The van der Waals surface area contributed by atoms with E-state index in [1.807, 2.05) is 42.2 Å². The minimum Gasteiger partial charge on any atom is -0.497 e. The van der Waals surface area contributed by atoms with E-state index in [1.165, 1.54) is 0 Å². The van der Waals surface area contributed by atoms with Crippen LogP contribution in [0, 0.1) is 5.92 Å². The molecular weight excluding hydrogens is 372 g/mol. The first kappa shape index (κ1) is 20.5. The first-order valence-corrected chi connectivity index (χ1v) is 10.4. The van der Waals surface area contributed by atoms with Crippen molar-refractivity contribution in [2.45, 2.75) is 25.7 Å². The molecule has 0 bridgehead atoms.